The number of hydrogen-bond donors (Lipinski definition) is 1. The van der Waals surface area contributed by atoms with Crippen LogP contribution in [0.4, 0.5) is 5.69 Å². The molecule has 1 amide bonds. The summed E-state index contributed by atoms with van der Waals surface area (Å²) in [6.45, 7) is -0.266. The molecule has 0 aliphatic heterocycles. The van der Waals surface area contributed by atoms with Crippen molar-refractivity contribution < 1.29 is 18.7 Å². The van der Waals surface area contributed by atoms with Gasteiger partial charge in [0.2, 0.25) is 0 Å². The van der Waals surface area contributed by atoms with E-state index in [1.54, 1.807) is 36.4 Å². The van der Waals surface area contributed by atoms with E-state index in [1.165, 1.54) is 4.57 Å². The quantitative estimate of drug-likeness (QED) is 0.446. The smallest absolute Gasteiger partial charge is 0.419 e. The van der Waals surface area contributed by atoms with E-state index in [1.807, 2.05) is 12.1 Å². The number of aryl methyl sites for hydroxylation is 1. The lowest BCUT2D eigenvalue weighted by molar-refractivity contribution is -0.147. The molecule has 0 bridgehead atoms. The van der Waals surface area contributed by atoms with Crippen molar-refractivity contribution in [3.8, 4) is 0 Å². The number of fused-ring (bicyclic) bond motifs is 1. The highest BCUT2D eigenvalue weighted by molar-refractivity contribution is 14.1. The van der Waals surface area contributed by atoms with Gasteiger partial charge in [0, 0.05) is 10.1 Å². The monoisotopic (exact) mass is 466 g/mol. The number of esters is 1. The molecule has 1 aromatic heterocycles. The molecule has 0 radical (unpaired) electrons. The van der Waals surface area contributed by atoms with Crippen molar-refractivity contribution in [1.29, 1.82) is 0 Å². The summed E-state index contributed by atoms with van der Waals surface area (Å²) in [5.41, 5.74) is 1.73. The summed E-state index contributed by atoms with van der Waals surface area (Å²) in [6.07, 6.45) is -0.0421. The van der Waals surface area contributed by atoms with Crippen molar-refractivity contribution in [2.75, 3.05) is 11.9 Å². The highest BCUT2D eigenvalue weighted by atomic mass is 127. The maximum Gasteiger partial charge on any atom is 0.419 e. The second-order valence-electron chi connectivity index (χ2n) is 5.43. The maximum absolute atomic E-state index is 11.9. The molecule has 0 atom stereocenters. The molecule has 1 N–H and O–H groups in total. The van der Waals surface area contributed by atoms with Crippen LogP contribution in [0.2, 0.25) is 0 Å². The number of amides is 1. The number of oxazole rings is 1. The molecule has 3 aromatic rings. The van der Waals surface area contributed by atoms with Crippen LogP contribution in [0.1, 0.15) is 6.42 Å². The van der Waals surface area contributed by atoms with Gasteiger partial charge >= 0.3 is 11.7 Å². The Kier molecular flexibility index (Phi) is 5.71. The number of ether oxygens (including phenoxy) is 1. The lowest BCUT2D eigenvalue weighted by atomic mass is 10.3. The summed E-state index contributed by atoms with van der Waals surface area (Å²) >= 11 is 2.10. The fourth-order valence-corrected chi connectivity index (χ4v) is 2.92. The summed E-state index contributed by atoms with van der Waals surface area (Å²) in [6, 6.07) is 14.2. The Bertz CT molecular complexity index is 1010. The van der Waals surface area contributed by atoms with Gasteiger partial charge in [-0.2, -0.15) is 0 Å². The molecule has 8 heteroatoms. The van der Waals surface area contributed by atoms with E-state index in [0.29, 0.717) is 16.8 Å². The van der Waals surface area contributed by atoms with E-state index in [-0.39, 0.29) is 19.6 Å². The molecule has 26 heavy (non-hydrogen) atoms. The van der Waals surface area contributed by atoms with Crippen LogP contribution in [0.15, 0.2) is 57.7 Å². The number of carbonyl (C=O) groups excluding carboxylic acids is 2. The van der Waals surface area contributed by atoms with Crippen LogP contribution in [-0.4, -0.2) is 23.1 Å². The summed E-state index contributed by atoms with van der Waals surface area (Å²) < 4.78 is 12.3. The Morgan fingerprint density at radius 1 is 1.12 bits per heavy atom. The predicted octanol–water partition coefficient (Wildman–Crippen LogP) is 2.77. The fraction of sp³-hybridized carbons (Fsp3) is 0.167. The minimum Gasteiger partial charge on any atom is -0.456 e. The Balaban J connectivity index is 1.51. The molecule has 0 saturated heterocycles. The topological polar surface area (TPSA) is 90.5 Å². The number of benzene rings is 2. The van der Waals surface area contributed by atoms with Crippen LogP contribution in [-0.2, 0) is 20.9 Å². The SMILES string of the molecule is O=C(COC(=O)CCn1c(=O)oc2ccccc21)Nc1ccccc1I. The number of anilines is 1. The first-order chi connectivity index (χ1) is 12.5. The summed E-state index contributed by atoms with van der Waals surface area (Å²) in [5.74, 6) is -1.52. The fourth-order valence-electron chi connectivity index (χ4n) is 2.40. The van der Waals surface area contributed by atoms with Crippen LogP contribution < -0.4 is 11.1 Å². The van der Waals surface area contributed by atoms with Crippen LogP contribution >= 0.6 is 22.6 Å². The van der Waals surface area contributed by atoms with Gasteiger partial charge in [-0.3, -0.25) is 14.2 Å². The van der Waals surface area contributed by atoms with Gasteiger partial charge in [0.15, 0.2) is 12.2 Å². The number of halogens is 1. The molecule has 134 valence electrons. The first kappa shape index (κ1) is 18.2. The lowest BCUT2D eigenvalue weighted by Gasteiger charge is -2.08. The number of nitrogens with one attached hydrogen (secondary N) is 1. The zero-order valence-electron chi connectivity index (χ0n) is 13.6. The van der Waals surface area contributed by atoms with Crippen molar-refractivity contribution in [1.82, 2.24) is 4.57 Å². The molecule has 0 aliphatic rings. The maximum atomic E-state index is 11.9. The number of nitrogens with zero attached hydrogens (tertiary/aromatic N) is 1. The summed E-state index contributed by atoms with van der Waals surface area (Å²) in [5, 5.41) is 2.67. The normalized spacial score (nSPS) is 10.7. The van der Waals surface area contributed by atoms with Crippen LogP contribution in [0.5, 0.6) is 0 Å². The van der Waals surface area contributed by atoms with Gasteiger partial charge in [-0.1, -0.05) is 24.3 Å². The molecular formula is C18H15IN2O5. The summed E-state index contributed by atoms with van der Waals surface area (Å²) in [4.78, 5) is 35.6. The number of rotatable bonds is 6. The Labute approximate surface area is 162 Å². The van der Waals surface area contributed by atoms with Gasteiger partial charge in [-0.05, 0) is 46.9 Å². The lowest BCUT2D eigenvalue weighted by Crippen LogP contribution is -2.23. The average Bonchev–Trinajstić information content (AvgIpc) is 2.95. The van der Waals surface area contributed by atoms with Gasteiger partial charge in [0.25, 0.3) is 5.91 Å². The number of aromatic nitrogens is 1. The molecule has 1 heterocycles. The number of carbonyl (C=O) groups is 2. The number of hydrogen-bond acceptors (Lipinski definition) is 5. The van der Waals surface area contributed by atoms with Gasteiger partial charge in [0.1, 0.15) is 0 Å². The van der Waals surface area contributed by atoms with Crippen molar-refractivity contribution in [2.24, 2.45) is 0 Å². The molecule has 0 saturated carbocycles. The molecule has 2 aromatic carbocycles. The van der Waals surface area contributed by atoms with E-state index in [4.69, 9.17) is 9.15 Å². The van der Waals surface area contributed by atoms with E-state index < -0.39 is 17.6 Å². The number of para-hydroxylation sites is 3. The second kappa shape index (κ2) is 8.17. The highest BCUT2D eigenvalue weighted by Crippen LogP contribution is 2.16. The van der Waals surface area contributed by atoms with Crippen LogP contribution in [0, 0.1) is 3.57 Å². The third-order valence-electron chi connectivity index (χ3n) is 3.63. The van der Waals surface area contributed by atoms with Gasteiger partial charge in [-0.15, -0.1) is 0 Å². The van der Waals surface area contributed by atoms with Crippen molar-refractivity contribution >= 4 is 51.3 Å². The van der Waals surface area contributed by atoms with Crippen molar-refractivity contribution in [3.05, 3.63) is 62.7 Å². The Morgan fingerprint density at radius 2 is 1.85 bits per heavy atom. The highest BCUT2D eigenvalue weighted by Gasteiger charge is 2.13. The molecule has 3 rings (SSSR count). The third kappa shape index (κ3) is 4.31. The minimum absolute atomic E-state index is 0.0421. The van der Waals surface area contributed by atoms with Crippen molar-refractivity contribution in [2.45, 2.75) is 13.0 Å². The van der Waals surface area contributed by atoms with Crippen molar-refractivity contribution in [3.63, 3.8) is 0 Å². The molecule has 0 spiro atoms. The molecule has 7 nitrogen and oxygen atoms in total. The largest absolute Gasteiger partial charge is 0.456 e. The third-order valence-corrected chi connectivity index (χ3v) is 4.57. The average molecular weight is 466 g/mol. The van der Waals surface area contributed by atoms with E-state index >= 15 is 0 Å². The molecule has 0 aliphatic carbocycles. The Morgan fingerprint density at radius 3 is 2.65 bits per heavy atom. The van der Waals surface area contributed by atoms with Crippen LogP contribution in [0.25, 0.3) is 11.1 Å². The molecule has 0 unspecified atom stereocenters. The first-order valence-electron chi connectivity index (χ1n) is 7.83. The summed E-state index contributed by atoms with van der Waals surface area (Å²) in [7, 11) is 0. The first-order valence-corrected chi connectivity index (χ1v) is 8.91. The van der Waals surface area contributed by atoms with E-state index in [9.17, 15) is 14.4 Å². The molecule has 0 fully saturated rings. The van der Waals surface area contributed by atoms with Crippen LogP contribution in [0.3, 0.4) is 0 Å². The Hall–Kier alpha value is -2.62. The minimum atomic E-state index is -0.569. The standard InChI is InChI=1S/C18H15IN2O5/c19-12-5-1-2-6-13(12)20-16(22)11-25-17(23)9-10-21-14-7-3-4-8-15(14)26-18(21)24/h1-8H,9-11H2,(H,20,22). The zero-order chi connectivity index (χ0) is 18.5. The predicted molar refractivity (Wildman–Crippen MR) is 104 cm³/mol. The van der Waals surface area contributed by atoms with E-state index in [0.717, 1.165) is 3.57 Å². The van der Waals surface area contributed by atoms with Gasteiger partial charge < -0.3 is 14.5 Å². The van der Waals surface area contributed by atoms with Gasteiger partial charge in [-0.25, -0.2) is 4.79 Å². The molecular weight excluding hydrogens is 451 g/mol. The van der Waals surface area contributed by atoms with E-state index in [2.05, 4.69) is 27.9 Å². The van der Waals surface area contributed by atoms with Gasteiger partial charge in [0.05, 0.1) is 17.6 Å². The second-order valence-corrected chi connectivity index (χ2v) is 6.59. The zero-order valence-corrected chi connectivity index (χ0v) is 15.8.